The molecule has 1 rings (SSSR count). The van der Waals surface area contributed by atoms with E-state index in [1.165, 1.54) is 0 Å². The average molecular weight is 228 g/mol. The lowest BCUT2D eigenvalue weighted by Crippen LogP contribution is -2.30. The fourth-order valence-electron chi connectivity index (χ4n) is 1.24. The lowest BCUT2D eigenvalue weighted by Gasteiger charge is -2.13. The van der Waals surface area contributed by atoms with Crippen molar-refractivity contribution >= 4 is 17.5 Å². The number of halogens is 1. The second kappa shape index (κ2) is 4.53. The maximum Gasteiger partial charge on any atom is 0.258 e. The highest BCUT2D eigenvalue weighted by atomic mass is 35.5. The lowest BCUT2D eigenvalue weighted by atomic mass is 10.1. The minimum absolute atomic E-state index is 0.486. The van der Waals surface area contributed by atoms with E-state index in [0.29, 0.717) is 10.8 Å². The lowest BCUT2D eigenvalue weighted by molar-refractivity contribution is -0.123. The molecule has 1 unspecified atom stereocenters. The van der Waals surface area contributed by atoms with Crippen LogP contribution in [-0.4, -0.2) is 12.0 Å². The summed E-state index contributed by atoms with van der Waals surface area (Å²) in [5.41, 5.74) is 6.94. The molecule has 0 fully saturated rings. The van der Waals surface area contributed by atoms with Crippen molar-refractivity contribution in [2.24, 2.45) is 5.73 Å². The van der Waals surface area contributed by atoms with Gasteiger partial charge in [-0.3, -0.25) is 4.79 Å². The summed E-state index contributed by atoms with van der Waals surface area (Å²) in [4.78, 5) is 10.8. The van der Waals surface area contributed by atoms with E-state index in [2.05, 4.69) is 0 Å². The second-order valence-corrected chi connectivity index (χ2v) is 3.91. The Morgan fingerprint density at radius 1 is 1.40 bits per heavy atom. The first kappa shape index (κ1) is 11.9. The van der Waals surface area contributed by atoms with Crippen LogP contribution in [0.3, 0.4) is 0 Å². The number of hydrogen-bond acceptors (Lipinski definition) is 2. The van der Waals surface area contributed by atoms with E-state index >= 15 is 0 Å². The average Bonchev–Trinajstić information content (AvgIpc) is 2.13. The normalized spacial score (nSPS) is 12.3. The van der Waals surface area contributed by atoms with Crippen molar-refractivity contribution in [3.05, 3.63) is 28.3 Å². The minimum atomic E-state index is -0.634. The largest absolute Gasteiger partial charge is 0.481 e. The summed E-state index contributed by atoms with van der Waals surface area (Å²) in [6.07, 6.45) is -0.634. The summed E-state index contributed by atoms with van der Waals surface area (Å²) < 4.78 is 5.36. The Hall–Kier alpha value is -1.22. The van der Waals surface area contributed by atoms with Gasteiger partial charge in [-0.05, 0) is 44.0 Å². The van der Waals surface area contributed by atoms with Crippen LogP contribution in [0, 0.1) is 13.8 Å². The molecule has 0 bridgehead atoms. The molecule has 0 aliphatic rings. The fraction of sp³-hybridized carbons (Fsp3) is 0.364. The molecule has 0 heterocycles. The predicted molar refractivity (Wildman–Crippen MR) is 60.2 cm³/mol. The first-order chi connectivity index (χ1) is 6.91. The number of benzene rings is 1. The van der Waals surface area contributed by atoms with Crippen LogP contribution in [0.1, 0.15) is 18.1 Å². The van der Waals surface area contributed by atoms with E-state index in [4.69, 9.17) is 22.1 Å². The molecule has 1 amide bonds. The monoisotopic (exact) mass is 227 g/mol. The third kappa shape index (κ3) is 2.86. The summed E-state index contributed by atoms with van der Waals surface area (Å²) >= 11 is 6.00. The Morgan fingerprint density at radius 2 is 1.87 bits per heavy atom. The van der Waals surface area contributed by atoms with E-state index in [9.17, 15) is 4.79 Å². The van der Waals surface area contributed by atoms with Crippen molar-refractivity contribution in [3.8, 4) is 5.75 Å². The first-order valence-corrected chi connectivity index (χ1v) is 5.02. The standard InChI is InChI=1S/C11H14ClNO2/c1-6-4-9(5-7(2)10(6)12)15-8(3)11(13)14/h4-5,8H,1-3H3,(H2,13,14). The highest BCUT2D eigenvalue weighted by Crippen LogP contribution is 2.26. The number of ether oxygens (including phenoxy) is 1. The third-order valence-corrected chi connectivity index (χ3v) is 2.72. The SMILES string of the molecule is Cc1cc(OC(C)C(N)=O)cc(C)c1Cl. The van der Waals surface area contributed by atoms with Crippen LogP contribution in [-0.2, 0) is 4.79 Å². The molecule has 82 valence electrons. The van der Waals surface area contributed by atoms with Crippen LogP contribution in [0.4, 0.5) is 0 Å². The molecule has 3 nitrogen and oxygen atoms in total. The van der Waals surface area contributed by atoms with Gasteiger partial charge in [0.2, 0.25) is 0 Å². The molecule has 0 spiro atoms. The van der Waals surface area contributed by atoms with Crippen molar-refractivity contribution < 1.29 is 9.53 Å². The zero-order chi connectivity index (χ0) is 11.6. The molecule has 2 N–H and O–H groups in total. The zero-order valence-corrected chi connectivity index (χ0v) is 9.76. The number of nitrogens with two attached hydrogens (primary N) is 1. The Labute approximate surface area is 94.2 Å². The van der Waals surface area contributed by atoms with E-state index in [-0.39, 0.29) is 0 Å². The van der Waals surface area contributed by atoms with Crippen LogP contribution in [0.25, 0.3) is 0 Å². The number of hydrogen-bond donors (Lipinski definition) is 1. The van der Waals surface area contributed by atoms with Gasteiger partial charge in [-0.2, -0.15) is 0 Å². The number of primary amides is 1. The van der Waals surface area contributed by atoms with Gasteiger partial charge in [0.1, 0.15) is 5.75 Å². The molecule has 0 aliphatic carbocycles. The Morgan fingerprint density at radius 3 is 2.27 bits per heavy atom. The topological polar surface area (TPSA) is 52.3 Å². The molecule has 0 aliphatic heterocycles. The quantitative estimate of drug-likeness (QED) is 0.861. The molecular formula is C11H14ClNO2. The van der Waals surface area contributed by atoms with E-state index in [1.807, 2.05) is 13.8 Å². The maximum absolute atomic E-state index is 10.8. The van der Waals surface area contributed by atoms with Crippen molar-refractivity contribution in [3.63, 3.8) is 0 Å². The molecule has 15 heavy (non-hydrogen) atoms. The molecule has 0 aromatic heterocycles. The summed E-state index contributed by atoms with van der Waals surface area (Å²) in [7, 11) is 0. The number of carbonyl (C=O) groups excluding carboxylic acids is 1. The summed E-state index contributed by atoms with van der Waals surface area (Å²) in [5, 5.41) is 0.717. The van der Waals surface area contributed by atoms with Gasteiger partial charge >= 0.3 is 0 Å². The highest BCUT2D eigenvalue weighted by molar-refractivity contribution is 6.32. The summed E-state index contributed by atoms with van der Waals surface area (Å²) in [6.45, 7) is 5.38. The van der Waals surface area contributed by atoms with Crippen molar-refractivity contribution in [2.75, 3.05) is 0 Å². The van der Waals surface area contributed by atoms with Gasteiger partial charge in [-0.25, -0.2) is 0 Å². The fourth-order valence-corrected chi connectivity index (χ4v) is 1.35. The van der Waals surface area contributed by atoms with E-state index < -0.39 is 12.0 Å². The van der Waals surface area contributed by atoms with Gasteiger partial charge in [0.25, 0.3) is 5.91 Å². The van der Waals surface area contributed by atoms with Crippen LogP contribution in [0.15, 0.2) is 12.1 Å². The number of rotatable bonds is 3. The summed E-state index contributed by atoms with van der Waals surface area (Å²) in [5.74, 6) is 0.126. The van der Waals surface area contributed by atoms with Gasteiger partial charge < -0.3 is 10.5 Å². The molecule has 1 aromatic rings. The number of aryl methyl sites for hydroxylation is 2. The predicted octanol–water partition coefficient (Wildman–Crippen LogP) is 2.21. The van der Waals surface area contributed by atoms with Crippen LogP contribution < -0.4 is 10.5 Å². The van der Waals surface area contributed by atoms with Gasteiger partial charge in [-0.1, -0.05) is 11.6 Å². The smallest absolute Gasteiger partial charge is 0.258 e. The van der Waals surface area contributed by atoms with E-state index in [0.717, 1.165) is 11.1 Å². The Bertz CT molecular complexity index is 367. The Kier molecular flexibility index (Phi) is 3.58. The van der Waals surface area contributed by atoms with Gasteiger partial charge in [0, 0.05) is 5.02 Å². The molecular weight excluding hydrogens is 214 g/mol. The van der Waals surface area contributed by atoms with E-state index in [1.54, 1.807) is 19.1 Å². The molecule has 1 aromatic carbocycles. The highest BCUT2D eigenvalue weighted by Gasteiger charge is 2.11. The Balaban J connectivity index is 2.92. The molecule has 0 saturated heterocycles. The van der Waals surface area contributed by atoms with Crippen LogP contribution in [0.5, 0.6) is 5.75 Å². The van der Waals surface area contributed by atoms with Crippen LogP contribution >= 0.6 is 11.6 Å². The third-order valence-electron chi connectivity index (χ3n) is 2.12. The van der Waals surface area contributed by atoms with Gasteiger partial charge in [-0.15, -0.1) is 0 Å². The molecule has 4 heteroatoms. The summed E-state index contributed by atoms with van der Waals surface area (Å²) in [6, 6.07) is 3.57. The minimum Gasteiger partial charge on any atom is -0.481 e. The second-order valence-electron chi connectivity index (χ2n) is 3.53. The maximum atomic E-state index is 10.8. The number of carbonyl (C=O) groups is 1. The van der Waals surface area contributed by atoms with Crippen molar-refractivity contribution in [1.82, 2.24) is 0 Å². The van der Waals surface area contributed by atoms with Crippen molar-refractivity contribution in [1.29, 1.82) is 0 Å². The number of amides is 1. The van der Waals surface area contributed by atoms with Gasteiger partial charge in [0.05, 0.1) is 0 Å². The molecule has 0 radical (unpaired) electrons. The van der Waals surface area contributed by atoms with Crippen LogP contribution in [0.2, 0.25) is 5.02 Å². The molecule has 0 saturated carbocycles. The first-order valence-electron chi connectivity index (χ1n) is 4.64. The molecule has 1 atom stereocenters. The van der Waals surface area contributed by atoms with Gasteiger partial charge in [0.15, 0.2) is 6.10 Å². The zero-order valence-electron chi connectivity index (χ0n) is 9.00. The van der Waals surface area contributed by atoms with Crippen molar-refractivity contribution in [2.45, 2.75) is 26.9 Å².